The van der Waals surface area contributed by atoms with E-state index in [0.717, 1.165) is 32.5 Å². The summed E-state index contributed by atoms with van der Waals surface area (Å²) in [7, 11) is 2.16. The summed E-state index contributed by atoms with van der Waals surface area (Å²) in [6, 6.07) is 7.62. The molecule has 0 spiro atoms. The molecule has 3 nitrogen and oxygen atoms in total. The predicted octanol–water partition coefficient (Wildman–Crippen LogP) is 3.33. The molecule has 0 N–H and O–H groups in total. The Balaban J connectivity index is 2.16. The lowest BCUT2D eigenvalue weighted by atomic mass is 10.0. The summed E-state index contributed by atoms with van der Waals surface area (Å²) >= 11 is 6.01. The van der Waals surface area contributed by atoms with Crippen LogP contribution in [-0.2, 0) is 0 Å². The minimum absolute atomic E-state index is 0.0973. The lowest BCUT2D eigenvalue weighted by Crippen LogP contribution is -2.48. The monoisotopic (exact) mass is 308 g/mol. The highest BCUT2D eigenvalue weighted by atomic mass is 35.5. The van der Waals surface area contributed by atoms with Crippen molar-refractivity contribution in [2.75, 3.05) is 26.7 Å². The number of nitrogens with zero attached hydrogens (tertiary/aromatic N) is 2. The third-order valence-electron chi connectivity index (χ3n) is 4.40. The zero-order chi connectivity index (χ0) is 15.4. The average molecular weight is 309 g/mol. The van der Waals surface area contributed by atoms with Crippen molar-refractivity contribution in [3.8, 4) is 0 Å². The van der Waals surface area contributed by atoms with Crippen LogP contribution in [0.15, 0.2) is 24.3 Å². The normalized spacial score (nSPS) is 22.8. The summed E-state index contributed by atoms with van der Waals surface area (Å²) in [6.45, 7) is 7.34. The van der Waals surface area contributed by atoms with Crippen LogP contribution in [0.3, 0.4) is 0 Å². The first-order valence-corrected chi connectivity index (χ1v) is 8.14. The largest absolute Gasteiger partial charge is 0.305 e. The van der Waals surface area contributed by atoms with Gasteiger partial charge in [0.1, 0.15) is 0 Å². The summed E-state index contributed by atoms with van der Waals surface area (Å²) in [4.78, 5) is 17.5. The molecule has 0 aliphatic carbocycles. The van der Waals surface area contributed by atoms with Crippen molar-refractivity contribution in [1.82, 2.24) is 9.80 Å². The van der Waals surface area contributed by atoms with Crippen molar-refractivity contribution in [2.24, 2.45) is 0 Å². The number of carbonyl (C=O) groups excluding carboxylic acids is 1. The van der Waals surface area contributed by atoms with Gasteiger partial charge < -0.3 is 4.90 Å². The molecular weight excluding hydrogens is 284 g/mol. The van der Waals surface area contributed by atoms with E-state index in [4.69, 9.17) is 11.6 Å². The minimum Gasteiger partial charge on any atom is -0.305 e. The zero-order valence-electron chi connectivity index (χ0n) is 13.2. The molecule has 1 aliphatic heterocycles. The van der Waals surface area contributed by atoms with Crippen molar-refractivity contribution >= 4 is 17.4 Å². The fraction of sp³-hybridized carbons (Fsp3) is 0.588. The van der Waals surface area contributed by atoms with Gasteiger partial charge in [-0.3, -0.25) is 9.69 Å². The Labute approximate surface area is 132 Å². The minimum atomic E-state index is -0.0973. The van der Waals surface area contributed by atoms with Gasteiger partial charge in [-0.05, 0) is 45.5 Å². The number of carbonyl (C=O) groups is 1. The third-order valence-corrected chi connectivity index (χ3v) is 4.64. The molecule has 1 saturated heterocycles. The molecule has 1 heterocycles. The molecule has 1 aliphatic rings. The zero-order valence-corrected chi connectivity index (χ0v) is 13.9. The van der Waals surface area contributed by atoms with Crippen LogP contribution in [0.25, 0.3) is 0 Å². The molecule has 116 valence electrons. The van der Waals surface area contributed by atoms with E-state index in [0.29, 0.717) is 16.6 Å². The van der Waals surface area contributed by atoms with Crippen LogP contribution in [-0.4, -0.2) is 54.3 Å². The summed E-state index contributed by atoms with van der Waals surface area (Å²) in [5, 5.41) is 0.621. The van der Waals surface area contributed by atoms with Crippen molar-refractivity contribution in [2.45, 2.75) is 38.8 Å². The number of ketones is 1. The molecule has 21 heavy (non-hydrogen) atoms. The molecule has 0 saturated carbocycles. The molecule has 0 amide bonds. The Morgan fingerprint density at radius 2 is 2.19 bits per heavy atom. The molecule has 4 heteroatoms. The van der Waals surface area contributed by atoms with Crippen molar-refractivity contribution in [1.29, 1.82) is 0 Å². The number of likely N-dealkylation sites (N-methyl/N-ethyl adjacent to an activating group) is 1. The lowest BCUT2D eigenvalue weighted by Gasteiger charge is -2.34. The Bertz CT molecular complexity index is 491. The Morgan fingerprint density at radius 3 is 2.86 bits per heavy atom. The second-order valence-electron chi connectivity index (χ2n) is 5.97. The van der Waals surface area contributed by atoms with Gasteiger partial charge in [-0.2, -0.15) is 0 Å². The van der Waals surface area contributed by atoms with E-state index in [-0.39, 0.29) is 11.8 Å². The standard InChI is InChI=1S/C17H25ClN2O/c1-4-16-12-19(3)9-6-10-20(16)13(2)17(21)14-7-5-8-15(18)11-14/h5,7-8,11,13,16H,4,6,9-10,12H2,1-3H3. The molecule has 0 radical (unpaired) electrons. The summed E-state index contributed by atoms with van der Waals surface area (Å²) < 4.78 is 0. The second-order valence-corrected chi connectivity index (χ2v) is 6.40. The molecule has 0 bridgehead atoms. The van der Waals surface area contributed by atoms with E-state index in [2.05, 4.69) is 23.8 Å². The number of halogens is 1. The number of benzene rings is 1. The fourth-order valence-electron chi connectivity index (χ4n) is 3.17. The van der Waals surface area contributed by atoms with Crippen LogP contribution in [0.1, 0.15) is 37.0 Å². The molecule has 1 fully saturated rings. The van der Waals surface area contributed by atoms with E-state index in [9.17, 15) is 4.79 Å². The van der Waals surface area contributed by atoms with Crippen molar-refractivity contribution in [3.63, 3.8) is 0 Å². The molecule has 2 atom stereocenters. The summed E-state index contributed by atoms with van der Waals surface area (Å²) in [5.41, 5.74) is 0.711. The summed E-state index contributed by atoms with van der Waals surface area (Å²) in [6.07, 6.45) is 2.18. The molecule has 0 aromatic heterocycles. The highest BCUT2D eigenvalue weighted by Gasteiger charge is 2.30. The van der Waals surface area contributed by atoms with Crippen LogP contribution >= 0.6 is 11.6 Å². The van der Waals surface area contributed by atoms with E-state index in [1.54, 1.807) is 12.1 Å². The van der Waals surface area contributed by atoms with Gasteiger partial charge in [-0.1, -0.05) is 30.7 Å². The maximum atomic E-state index is 12.7. The number of hydrogen-bond acceptors (Lipinski definition) is 3. The summed E-state index contributed by atoms with van der Waals surface area (Å²) in [5.74, 6) is 0.167. The first-order chi connectivity index (χ1) is 10.0. The van der Waals surface area contributed by atoms with Gasteiger partial charge in [0.2, 0.25) is 0 Å². The Morgan fingerprint density at radius 1 is 1.43 bits per heavy atom. The van der Waals surface area contributed by atoms with Gasteiger partial charge in [0, 0.05) is 29.7 Å². The number of rotatable bonds is 4. The predicted molar refractivity (Wildman–Crippen MR) is 88.1 cm³/mol. The highest BCUT2D eigenvalue weighted by molar-refractivity contribution is 6.31. The Hall–Kier alpha value is -0.900. The fourth-order valence-corrected chi connectivity index (χ4v) is 3.36. The topological polar surface area (TPSA) is 23.6 Å². The first-order valence-electron chi connectivity index (χ1n) is 7.77. The molecule has 1 aromatic rings. The second kappa shape index (κ2) is 7.39. The van der Waals surface area contributed by atoms with Crippen LogP contribution < -0.4 is 0 Å². The molecule has 2 rings (SSSR count). The van der Waals surface area contributed by atoms with E-state index in [1.165, 1.54) is 0 Å². The van der Waals surface area contributed by atoms with Crippen LogP contribution in [0.4, 0.5) is 0 Å². The highest BCUT2D eigenvalue weighted by Crippen LogP contribution is 2.19. The van der Waals surface area contributed by atoms with Gasteiger partial charge >= 0.3 is 0 Å². The van der Waals surface area contributed by atoms with Gasteiger partial charge in [0.05, 0.1) is 6.04 Å². The maximum Gasteiger partial charge on any atom is 0.179 e. The van der Waals surface area contributed by atoms with Gasteiger partial charge in [-0.15, -0.1) is 0 Å². The van der Waals surface area contributed by atoms with E-state index in [1.807, 2.05) is 19.1 Å². The maximum absolute atomic E-state index is 12.7. The number of hydrogen-bond donors (Lipinski definition) is 0. The van der Waals surface area contributed by atoms with Crippen LogP contribution in [0.5, 0.6) is 0 Å². The van der Waals surface area contributed by atoms with Crippen LogP contribution in [0.2, 0.25) is 5.02 Å². The van der Waals surface area contributed by atoms with Gasteiger partial charge in [0.15, 0.2) is 5.78 Å². The van der Waals surface area contributed by atoms with Crippen molar-refractivity contribution < 1.29 is 4.79 Å². The SMILES string of the molecule is CCC1CN(C)CCCN1C(C)C(=O)c1cccc(Cl)c1. The smallest absolute Gasteiger partial charge is 0.179 e. The molecule has 1 aromatic carbocycles. The van der Waals surface area contributed by atoms with E-state index >= 15 is 0 Å². The third kappa shape index (κ3) is 4.06. The molecular formula is C17H25ClN2O. The first kappa shape index (κ1) is 16.5. The quantitative estimate of drug-likeness (QED) is 0.797. The van der Waals surface area contributed by atoms with Crippen LogP contribution in [0, 0.1) is 0 Å². The molecule has 2 unspecified atom stereocenters. The Kier molecular flexibility index (Phi) is 5.80. The van der Waals surface area contributed by atoms with Gasteiger partial charge in [0.25, 0.3) is 0 Å². The lowest BCUT2D eigenvalue weighted by molar-refractivity contribution is 0.0754. The van der Waals surface area contributed by atoms with Gasteiger partial charge in [-0.25, -0.2) is 0 Å². The van der Waals surface area contributed by atoms with Crippen molar-refractivity contribution in [3.05, 3.63) is 34.9 Å². The number of Topliss-reactive ketones (excluding diaryl/α,β-unsaturated/α-hetero) is 1. The average Bonchev–Trinajstić information content (AvgIpc) is 2.67. The van der Waals surface area contributed by atoms with E-state index < -0.39 is 0 Å².